The SMILES string of the molecule is CNC(=O)C(C)N(Cc1ccccc1)C(=O)CN(c1ccc(F)cc1)S(=O)(=O)c1ccc(OC)cc1. The second-order valence-corrected chi connectivity index (χ2v) is 9.82. The molecule has 0 aliphatic carbocycles. The van der Waals surface area contributed by atoms with Gasteiger partial charge in [0.1, 0.15) is 24.2 Å². The minimum absolute atomic E-state index is 0.0746. The van der Waals surface area contributed by atoms with Crippen LogP contribution in [0.2, 0.25) is 0 Å². The highest BCUT2D eigenvalue weighted by molar-refractivity contribution is 7.92. The second-order valence-electron chi connectivity index (χ2n) is 7.96. The minimum atomic E-state index is -4.24. The van der Waals surface area contributed by atoms with Crippen molar-refractivity contribution in [1.29, 1.82) is 0 Å². The van der Waals surface area contributed by atoms with Gasteiger partial charge in [0.15, 0.2) is 0 Å². The van der Waals surface area contributed by atoms with Gasteiger partial charge in [0.05, 0.1) is 17.7 Å². The van der Waals surface area contributed by atoms with Crippen molar-refractivity contribution >= 4 is 27.5 Å². The van der Waals surface area contributed by atoms with Crippen LogP contribution in [0.4, 0.5) is 10.1 Å². The Morgan fingerprint density at radius 2 is 1.58 bits per heavy atom. The molecule has 0 heterocycles. The molecule has 0 radical (unpaired) electrons. The predicted octanol–water partition coefficient (Wildman–Crippen LogP) is 3.19. The van der Waals surface area contributed by atoms with Gasteiger partial charge in [-0.15, -0.1) is 0 Å². The van der Waals surface area contributed by atoms with Crippen molar-refractivity contribution in [3.05, 3.63) is 90.2 Å². The van der Waals surface area contributed by atoms with Crippen molar-refractivity contribution < 1.29 is 27.1 Å². The molecule has 36 heavy (non-hydrogen) atoms. The Bertz CT molecular complexity index is 1280. The van der Waals surface area contributed by atoms with Gasteiger partial charge in [0.2, 0.25) is 11.8 Å². The van der Waals surface area contributed by atoms with Crippen LogP contribution >= 0.6 is 0 Å². The number of carbonyl (C=O) groups is 2. The van der Waals surface area contributed by atoms with Crippen molar-refractivity contribution in [2.75, 3.05) is 25.0 Å². The van der Waals surface area contributed by atoms with E-state index in [1.807, 2.05) is 30.3 Å². The quantitative estimate of drug-likeness (QED) is 0.449. The van der Waals surface area contributed by atoms with Crippen LogP contribution in [0, 0.1) is 5.82 Å². The third kappa shape index (κ3) is 6.19. The molecule has 0 aliphatic heterocycles. The average molecular weight is 514 g/mol. The number of hydrogen-bond acceptors (Lipinski definition) is 5. The number of ether oxygens (including phenoxy) is 1. The van der Waals surface area contributed by atoms with Gasteiger partial charge in [0.25, 0.3) is 10.0 Å². The van der Waals surface area contributed by atoms with Gasteiger partial charge in [0, 0.05) is 13.6 Å². The van der Waals surface area contributed by atoms with Crippen molar-refractivity contribution in [1.82, 2.24) is 10.2 Å². The van der Waals surface area contributed by atoms with E-state index in [2.05, 4.69) is 5.32 Å². The lowest BCUT2D eigenvalue weighted by Gasteiger charge is -2.31. The largest absolute Gasteiger partial charge is 0.497 e. The number of nitrogens with one attached hydrogen (secondary N) is 1. The fourth-order valence-corrected chi connectivity index (χ4v) is 5.00. The summed E-state index contributed by atoms with van der Waals surface area (Å²) in [5, 5.41) is 2.53. The Labute approximate surface area is 210 Å². The number of nitrogens with zero attached hydrogens (tertiary/aromatic N) is 2. The number of hydrogen-bond donors (Lipinski definition) is 1. The molecule has 3 aromatic rings. The van der Waals surface area contributed by atoms with Crippen molar-refractivity contribution in [3.63, 3.8) is 0 Å². The summed E-state index contributed by atoms with van der Waals surface area (Å²) in [7, 11) is -1.32. The molecular weight excluding hydrogens is 485 g/mol. The van der Waals surface area contributed by atoms with E-state index >= 15 is 0 Å². The van der Waals surface area contributed by atoms with E-state index in [-0.39, 0.29) is 17.1 Å². The summed E-state index contributed by atoms with van der Waals surface area (Å²) in [6.45, 7) is 1.06. The number of anilines is 1. The van der Waals surface area contributed by atoms with Crippen LogP contribution in [0.1, 0.15) is 12.5 Å². The number of likely N-dealkylation sites (N-methyl/N-ethyl adjacent to an activating group) is 1. The number of rotatable bonds is 10. The first-order valence-corrected chi connectivity index (χ1v) is 12.6. The van der Waals surface area contributed by atoms with Crippen LogP contribution in [0.15, 0.2) is 83.8 Å². The van der Waals surface area contributed by atoms with Crippen molar-refractivity contribution in [2.24, 2.45) is 0 Å². The fourth-order valence-electron chi connectivity index (χ4n) is 3.58. The molecule has 10 heteroatoms. The van der Waals surface area contributed by atoms with Gasteiger partial charge in [-0.1, -0.05) is 30.3 Å². The Morgan fingerprint density at radius 1 is 0.972 bits per heavy atom. The van der Waals surface area contributed by atoms with Crippen molar-refractivity contribution in [3.8, 4) is 5.75 Å². The molecule has 0 spiro atoms. The smallest absolute Gasteiger partial charge is 0.264 e. The van der Waals surface area contributed by atoms with Crippen LogP contribution in [0.5, 0.6) is 5.75 Å². The van der Waals surface area contributed by atoms with Crippen LogP contribution < -0.4 is 14.4 Å². The molecule has 0 bridgehead atoms. The molecule has 3 rings (SSSR count). The van der Waals surface area contributed by atoms with E-state index < -0.39 is 40.2 Å². The molecule has 1 atom stereocenters. The minimum Gasteiger partial charge on any atom is -0.497 e. The lowest BCUT2D eigenvalue weighted by molar-refractivity contribution is -0.139. The van der Waals surface area contributed by atoms with Gasteiger partial charge < -0.3 is 15.0 Å². The Balaban J connectivity index is 2.01. The highest BCUT2D eigenvalue weighted by Crippen LogP contribution is 2.26. The van der Waals surface area contributed by atoms with Crippen LogP contribution in [0.3, 0.4) is 0 Å². The molecule has 0 saturated carbocycles. The molecule has 0 aromatic heterocycles. The second kappa shape index (κ2) is 11.7. The third-order valence-electron chi connectivity index (χ3n) is 5.65. The van der Waals surface area contributed by atoms with E-state index in [9.17, 15) is 22.4 Å². The normalized spacial score (nSPS) is 11.9. The maximum absolute atomic E-state index is 13.6. The number of benzene rings is 3. The summed E-state index contributed by atoms with van der Waals surface area (Å²) in [4.78, 5) is 27.3. The van der Waals surface area contributed by atoms with E-state index in [1.165, 1.54) is 55.5 Å². The molecule has 0 saturated heterocycles. The topological polar surface area (TPSA) is 96.0 Å². The Morgan fingerprint density at radius 3 is 2.14 bits per heavy atom. The fraction of sp³-hybridized carbons (Fsp3) is 0.231. The molecular formula is C26H28FN3O5S. The molecule has 0 fully saturated rings. The summed E-state index contributed by atoms with van der Waals surface area (Å²) in [5.74, 6) is -1.08. The molecule has 2 amide bonds. The van der Waals surface area contributed by atoms with Gasteiger partial charge in [-0.2, -0.15) is 0 Å². The summed E-state index contributed by atoms with van der Waals surface area (Å²) in [6.07, 6.45) is 0. The first-order chi connectivity index (χ1) is 17.2. The Kier molecular flexibility index (Phi) is 8.65. The highest BCUT2D eigenvalue weighted by Gasteiger charge is 2.32. The van der Waals surface area contributed by atoms with Crippen LogP contribution in [-0.4, -0.2) is 51.9 Å². The molecule has 1 unspecified atom stereocenters. The first kappa shape index (κ1) is 26.7. The van der Waals surface area contributed by atoms with E-state index in [0.717, 1.165) is 22.0 Å². The average Bonchev–Trinajstić information content (AvgIpc) is 2.90. The standard InChI is InChI=1S/C26H28FN3O5S/c1-19(26(32)28-2)29(17-20-7-5-4-6-8-20)25(31)18-30(22-11-9-21(27)10-12-22)36(33,34)24-15-13-23(35-3)14-16-24/h4-16,19H,17-18H2,1-3H3,(H,28,32). The lowest BCUT2D eigenvalue weighted by Crippen LogP contribution is -2.50. The summed E-state index contributed by atoms with van der Waals surface area (Å²) in [6, 6.07) is 18.7. The molecule has 8 nitrogen and oxygen atoms in total. The predicted molar refractivity (Wildman–Crippen MR) is 134 cm³/mol. The van der Waals surface area contributed by atoms with Gasteiger partial charge in [-0.25, -0.2) is 12.8 Å². The highest BCUT2D eigenvalue weighted by atomic mass is 32.2. The zero-order valence-corrected chi connectivity index (χ0v) is 21.0. The van der Waals surface area contributed by atoms with Crippen molar-refractivity contribution in [2.45, 2.75) is 24.4 Å². The van der Waals surface area contributed by atoms with Gasteiger partial charge >= 0.3 is 0 Å². The van der Waals surface area contributed by atoms with Gasteiger partial charge in [-0.05, 0) is 61.0 Å². The summed E-state index contributed by atoms with van der Waals surface area (Å²) >= 11 is 0. The number of amides is 2. The summed E-state index contributed by atoms with van der Waals surface area (Å²) < 4.78 is 46.9. The van der Waals surface area contributed by atoms with E-state index in [4.69, 9.17) is 4.74 Å². The number of sulfonamides is 1. The number of carbonyl (C=O) groups excluding carboxylic acids is 2. The zero-order chi connectivity index (χ0) is 26.3. The molecule has 0 aliphatic rings. The number of methoxy groups -OCH3 is 1. The van der Waals surface area contributed by atoms with Crippen LogP contribution in [0.25, 0.3) is 0 Å². The molecule has 190 valence electrons. The first-order valence-electron chi connectivity index (χ1n) is 11.1. The zero-order valence-electron chi connectivity index (χ0n) is 20.2. The van der Waals surface area contributed by atoms with E-state index in [0.29, 0.717) is 5.75 Å². The Hall–Kier alpha value is -3.92. The number of halogens is 1. The van der Waals surface area contributed by atoms with Crippen LogP contribution in [-0.2, 0) is 26.2 Å². The maximum atomic E-state index is 13.6. The maximum Gasteiger partial charge on any atom is 0.264 e. The lowest BCUT2D eigenvalue weighted by atomic mass is 10.1. The molecule has 1 N–H and O–H groups in total. The van der Waals surface area contributed by atoms with Gasteiger partial charge in [-0.3, -0.25) is 13.9 Å². The summed E-state index contributed by atoms with van der Waals surface area (Å²) in [5.41, 5.74) is 0.876. The van der Waals surface area contributed by atoms with E-state index in [1.54, 1.807) is 6.92 Å². The third-order valence-corrected chi connectivity index (χ3v) is 7.44. The molecule has 3 aromatic carbocycles. The monoisotopic (exact) mass is 513 g/mol.